The minimum absolute atomic E-state index is 0.0828. The topological polar surface area (TPSA) is 112 Å². The molecule has 0 aliphatic rings. The molecule has 0 atom stereocenters. The maximum atomic E-state index is 8.72. The van der Waals surface area contributed by atoms with Crippen LogP contribution in [0.5, 0.6) is 0 Å². The summed E-state index contributed by atoms with van der Waals surface area (Å²) in [5.41, 5.74) is 4.58. The van der Waals surface area contributed by atoms with Gasteiger partial charge < -0.3 is 15.2 Å². The van der Waals surface area contributed by atoms with E-state index < -0.39 is 7.12 Å². The van der Waals surface area contributed by atoms with E-state index in [1.165, 1.54) is 17.3 Å². The highest BCUT2D eigenvalue weighted by Gasteiger charge is 2.09. The van der Waals surface area contributed by atoms with Crippen LogP contribution < -0.4 is 5.46 Å². The number of nitrogens with zero attached hydrogens (tertiary/aromatic N) is 4. The molecule has 0 bridgehead atoms. The highest BCUT2D eigenvalue weighted by atomic mass is 35.5. The molecule has 176 valence electrons. The predicted molar refractivity (Wildman–Crippen MR) is 136 cm³/mol. The lowest BCUT2D eigenvalue weighted by Crippen LogP contribution is -2.29. The highest BCUT2D eigenvalue weighted by molar-refractivity contribution is 6.58. The Balaban J connectivity index is 0.000000190. The van der Waals surface area contributed by atoms with Crippen molar-refractivity contribution in [1.82, 2.24) is 19.9 Å². The molecule has 10 heteroatoms. The van der Waals surface area contributed by atoms with Crippen molar-refractivity contribution in [1.29, 1.82) is 0 Å². The van der Waals surface area contributed by atoms with Gasteiger partial charge in [-0.25, -0.2) is 19.9 Å². The van der Waals surface area contributed by atoms with Gasteiger partial charge in [0.1, 0.15) is 11.0 Å². The van der Waals surface area contributed by atoms with Crippen LogP contribution in [0.4, 0.5) is 0 Å². The molecule has 0 amide bonds. The highest BCUT2D eigenvalue weighted by Crippen LogP contribution is 2.18. The number of aliphatic hydroxyl groups excluding tert-OH is 1. The molecule has 0 saturated carbocycles. The molecule has 0 saturated heterocycles. The van der Waals surface area contributed by atoms with Crippen molar-refractivity contribution >= 4 is 35.8 Å². The number of halogens is 2. The number of rotatable bonds is 4. The molecule has 3 N–H and O–H groups in total. The Morgan fingerprint density at radius 2 is 1.56 bits per heavy atom. The zero-order valence-corrected chi connectivity index (χ0v) is 20.3. The lowest BCUT2D eigenvalue weighted by Gasteiger charge is -2.03. The Morgan fingerprint density at radius 3 is 2.15 bits per heavy atom. The monoisotopic (exact) mass is 498 g/mol. The van der Waals surface area contributed by atoms with E-state index >= 15 is 0 Å². The fourth-order valence-corrected chi connectivity index (χ4v) is 3.06. The van der Waals surface area contributed by atoms with Crippen molar-refractivity contribution in [3.8, 4) is 11.3 Å². The first-order chi connectivity index (χ1) is 16.3. The molecular weight excluding hydrogens is 474 g/mol. The summed E-state index contributed by atoms with van der Waals surface area (Å²) >= 11 is 10.7. The Hall–Kier alpha value is -2.88. The predicted octanol–water partition coefficient (Wildman–Crippen LogP) is 3.66. The van der Waals surface area contributed by atoms with Gasteiger partial charge in [0.15, 0.2) is 0 Å². The van der Waals surface area contributed by atoms with Crippen LogP contribution in [0.25, 0.3) is 11.3 Å². The first-order valence-corrected chi connectivity index (χ1v) is 11.2. The van der Waals surface area contributed by atoms with Crippen LogP contribution in [-0.2, 0) is 13.0 Å². The van der Waals surface area contributed by atoms with Crippen molar-refractivity contribution in [2.45, 2.75) is 26.9 Å². The zero-order valence-electron chi connectivity index (χ0n) is 18.8. The summed E-state index contributed by atoms with van der Waals surface area (Å²) < 4.78 is 0. The third kappa shape index (κ3) is 9.55. The molecule has 0 radical (unpaired) electrons. The maximum absolute atomic E-state index is 8.72. The molecule has 7 nitrogen and oxygen atoms in total. The van der Waals surface area contributed by atoms with E-state index in [-0.39, 0.29) is 11.9 Å². The second-order valence-corrected chi connectivity index (χ2v) is 7.69. The van der Waals surface area contributed by atoms with Crippen LogP contribution in [0.15, 0.2) is 73.1 Å². The van der Waals surface area contributed by atoms with E-state index in [1.807, 2.05) is 13.0 Å². The van der Waals surface area contributed by atoms with Crippen LogP contribution in [0.3, 0.4) is 0 Å². The van der Waals surface area contributed by atoms with Gasteiger partial charge in [0.25, 0.3) is 0 Å². The molecule has 34 heavy (non-hydrogen) atoms. The molecule has 0 aliphatic heterocycles. The summed E-state index contributed by atoms with van der Waals surface area (Å²) in [6.45, 7) is 3.98. The van der Waals surface area contributed by atoms with Gasteiger partial charge in [-0.3, -0.25) is 0 Å². The van der Waals surface area contributed by atoms with Crippen LogP contribution in [-0.4, -0.2) is 42.2 Å². The van der Waals surface area contributed by atoms with Crippen LogP contribution in [0, 0.1) is 6.92 Å². The first kappa shape index (κ1) is 27.4. The van der Waals surface area contributed by atoms with E-state index in [4.69, 9.17) is 38.4 Å². The normalized spacial score (nSPS) is 9.85. The maximum Gasteiger partial charge on any atom is 0.488 e. The molecule has 0 fully saturated rings. The number of hydrogen-bond donors (Lipinski definition) is 3. The van der Waals surface area contributed by atoms with Crippen LogP contribution in [0.1, 0.15) is 23.9 Å². The van der Waals surface area contributed by atoms with Crippen molar-refractivity contribution in [2.24, 2.45) is 0 Å². The molecule has 4 rings (SSSR count). The summed E-state index contributed by atoms with van der Waals surface area (Å²) in [4.78, 5) is 15.7. The third-order valence-corrected chi connectivity index (χ3v) is 4.82. The van der Waals surface area contributed by atoms with Gasteiger partial charge in [0.2, 0.25) is 5.28 Å². The number of aryl methyl sites for hydroxylation is 2. The van der Waals surface area contributed by atoms with E-state index in [0.29, 0.717) is 16.2 Å². The summed E-state index contributed by atoms with van der Waals surface area (Å²) in [5.74, 6) is 0.814. The van der Waals surface area contributed by atoms with Crippen molar-refractivity contribution in [3.63, 3.8) is 0 Å². The standard InChI is InChI=1S/C13H14N2.C7H9BO3.C4H2Cl2N2/c1-3-11-5-4-6-12(9-11)13-7-8-14-10(2)15-13;9-5-6-2-1-3-7(4-6)8(10)11;5-3-1-2-7-4(6)8-3/h4-9H,3H2,1-2H3;1-4,9-11H,5H2;1-2H. The van der Waals surface area contributed by atoms with Crippen LogP contribution >= 0.6 is 23.2 Å². The van der Waals surface area contributed by atoms with Gasteiger partial charge in [0.05, 0.1) is 12.3 Å². The molecule has 2 aromatic carbocycles. The van der Waals surface area contributed by atoms with E-state index in [0.717, 1.165) is 17.9 Å². The van der Waals surface area contributed by atoms with Crippen LogP contribution in [0.2, 0.25) is 10.4 Å². The third-order valence-electron chi connectivity index (χ3n) is 4.43. The minimum atomic E-state index is -1.46. The minimum Gasteiger partial charge on any atom is -0.423 e. The van der Waals surface area contributed by atoms with E-state index in [2.05, 4.69) is 51.1 Å². The van der Waals surface area contributed by atoms with E-state index in [1.54, 1.807) is 36.5 Å². The number of aromatic nitrogens is 4. The van der Waals surface area contributed by atoms with Gasteiger partial charge in [-0.05, 0) is 59.7 Å². The van der Waals surface area contributed by atoms with Crippen molar-refractivity contribution in [3.05, 3.63) is 100 Å². The van der Waals surface area contributed by atoms with Crippen molar-refractivity contribution in [2.75, 3.05) is 0 Å². The number of aliphatic hydroxyl groups is 1. The smallest absolute Gasteiger partial charge is 0.423 e. The largest absolute Gasteiger partial charge is 0.488 e. The summed E-state index contributed by atoms with van der Waals surface area (Å²) in [7, 11) is -1.46. The molecule has 0 spiro atoms. The average molecular weight is 499 g/mol. The summed E-state index contributed by atoms with van der Waals surface area (Å²) in [5, 5.41) is 26.7. The number of benzene rings is 2. The molecule has 0 aliphatic carbocycles. The lowest BCUT2D eigenvalue weighted by molar-refractivity contribution is 0.282. The Kier molecular flexibility index (Phi) is 11.6. The SMILES string of the molecule is CCc1cccc(-c2ccnc(C)n2)c1.Clc1ccnc(Cl)n1.OCc1cccc(B(O)O)c1. The summed E-state index contributed by atoms with van der Waals surface area (Å²) in [6, 6.07) is 18.5. The van der Waals surface area contributed by atoms with Gasteiger partial charge in [-0.2, -0.15) is 0 Å². The first-order valence-electron chi connectivity index (χ1n) is 10.4. The molecule has 2 heterocycles. The fourth-order valence-electron chi connectivity index (χ4n) is 2.73. The fraction of sp³-hybridized carbons (Fsp3) is 0.167. The van der Waals surface area contributed by atoms with Gasteiger partial charge >= 0.3 is 7.12 Å². The van der Waals surface area contributed by atoms with Gasteiger partial charge in [0, 0.05) is 18.0 Å². The zero-order chi connectivity index (χ0) is 24.9. The quantitative estimate of drug-likeness (QED) is 0.223. The second kappa shape index (κ2) is 14.4. The summed E-state index contributed by atoms with van der Waals surface area (Å²) in [6.07, 6.45) is 4.35. The Bertz CT molecular complexity index is 1160. The van der Waals surface area contributed by atoms with E-state index in [9.17, 15) is 0 Å². The second-order valence-electron chi connectivity index (χ2n) is 6.97. The Labute approximate surface area is 209 Å². The molecule has 2 aromatic heterocycles. The van der Waals surface area contributed by atoms with Gasteiger partial charge in [-0.1, -0.05) is 61.0 Å². The lowest BCUT2D eigenvalue weighted by atomic mass is 9.80. The number of hydrogen-bond acceptors (Lipinski definition) is 7. The molecular formula is C24H25BCl2N4O3. The van der Waals surface area contributed by atoms with Gasteiger partial charge in [-0.15, -0.1) is 0 Å². The van der Waals surface area contributed by atoms with Crippen molar-refractivity contribution < 1.29 is 15.2 Å². The Morgan fingerprint density at radius 1 is 0.853 bits per heavy atom. The average Bonchev–Trinajstić information content (AvgIpc) is 2.85. The molecule has 4 aromatic rings. The molecule has 0 unspecified atom stereocenters.